The third-order valence-electron chi connectivity index (χ3n) is 5.43. The van der Waals surface area contributed by atoms with Gasteiger partial charge in [-0.05, 0) is 43.1 Å². The number of carboxylic acids is 1. The van der Waals surface area contributed by atoms with Crippen molar-refractivity contribution >= 4 is 11.9 Å². The number of hydrogen-bond donors (Lipinski definition) is 2. The molecule has 2 aliphatic carbocycles. The van der Waals surface area contributed by atoms with Crippen LogP contribution in [-0.4, -0.2) is 17.0 Å². The third kappa shape index (κ3) is 2.62. The highest BCUT2D eigenvalue weighted by Gasteiger charge is 2.54. The van der Waals surface area contributed by atoms with Crippen molar-refractivity contribution in [2.75, 3.05) is 0 Å². The molecule has 2 N–H and O–H groups in total. The number of fused-ring (bicyclic) bond motifs is 2. The van der Waals surface area contributed by atoms with Crippen LogP contribution in [-0.2, 0) is 9.59 Å². The predicted octanol–water partition coefficient (Wildman–Crippen LogP) is 3.00. The maximum Gasteiger partial charge on any atom is 0.307 e. The van der Waals surface area contributed by atoms with Crippen LogP contribution in [0.25, 0.3) is 0 Å². The minimum absolute atomic E-state index is 0.0396. The highest BCUT2D eigenvalue weighted by molar-refractivity contribution is 5.86. The second-order valence-corrected chi connectivity index (χ2v) is 6.60. The number of benzene rings is 1. The fraction of sp³-hybridized carbons (Fsp3) is 0.556. The zero-order valence-electron chi connectivity index (χ0n) is 12.9. The molecule has 1 aromatic rings. The maximum absolute atomic E-state index is 12.7. The molecular formula is C18H23NO3. The highest BCUT2D eigenvalue weighted by Crippen LogP contribution is 2.52. The molecule has 118 valence electrons. The normalized spacial score (nSPS) is 31.0. The van der Waals surface area contributed by atoms with Gasteiger partial charge in [-0.1, -0.05) is 37.3 Å². The van der Waals surface area contributed by atoms with Gasteiger partial charge in [-0.2, -0.15) is 0 Å². The first-order chi connectivity index (χ1) is 10.6. The summed E-state index contributed by atoms with van der Waals surface area (Å²) in [4.78, 5) is 24.3. The van der Waals surface area contributed by atoms with Crippen LogP contribution in [0.15, 0.2) is 30.3 Å². The smallest absolute Gasteiger partial charge is 0.307 e. The van der Waals surface area contributed by atoms with Gasteiger partial charge in [0.2, 0.25) is 5.91 Å². The summed E-state index contributed by atoms with van der Waals surface area (Å²) < 4.78 is 0. The Morgan fingerprint density at radius 3 is 2.41 bits per heavy atom. The quantitative estimate of drug-likeness (QED) is 0.878. The van der Waals surface area contributed by atoms with E-state index >= 15 is 0 Å². The van der Waals surface area contributed by atoms with Crippen LogP contribution in [0.4, 0.5) is 0 Å². The number of nitrogens with one attached hydrogen (secondary N) is 1. The molecule has 0 spiro atoms. The van der Waals surface area contributed by atoms with Crippen molar-refractivity contribution in [1.82, 2.24) is 5.32 Å². The molecule has 0 unspecified atom stereocenters. The van der Waals surface area contributed by atoms with Crippen LogP contribution in [0.1, 0.15) is 44.2 Å². The van der Waals surface area contributed by atoms with Gasteiger partial charge in [0.1, 0.15) is 0 Å². The maximum atomic E-state index is 12.7. The van der Waals surface area contributed by atoms with Crippen LogP contribution < -0.4 is 5.32 Å². The van der Waals surface area contributed by atoms with Gasteiger partial charge in [0.05, 0.1) is 17.9 Å². The number of carboxylic acid groups (broad SMARTS) is 1. The van der Waals surface area contributed by atoms with E-state index < -0.39 is 11.9 Å². The Bertz CT molecular complexity index is 557. The summed E-state index contributed by atoms with van der Waals surface area (Å²) in [5, 5.41) is 12.6. The zero-order valence-corrected chi connectivity index (χ0v) is 12.9. The molecule has 4 heteroatoms. The van der Waals surface area contributed by atoms with Crippen LogP contribution in [0.2, 0.25) is 0 Å². The molecule has 0 radical (unpaired) electrons. The fourth-order valence-electron chi connectivity index (χ4n) is 4.40. The van der Waals surface area contributed by atoms with Crippen LogP contribution >= 0.6 is 0 Å². The minimum atomic E-state index is -0.805. The molecular weight excluding hydrogens is 278 g/mol. The lowest BCUT2D eigenvalue weighted by Gasteiger charge is -2.29. The van der Waals surface area contributed by atoms with E-state index in [1.165, 1.54) is 0 Å². The van der Waals surface area contributed by atoms with E-state index in [9.17, 15) is 14.7 Å². The molecule has 2 fully saturated rings. The summed E-state index contributed by atoms with van der Waals surface area (Å²) in [7, 11) is 0. The summed E-state index contributed by atoms with van der Waals surface area (Å²) >= 11 is 0. The van der Waals surface area contributed by atoms with Gasteiger partial charge in [0, 0.05) is 0 Å². The van der Waals surface area contributed by atoms with Crippen molar-refractivity contribution in [2.24, 2.45) is 23.7 Å². The van der Waals surface area contributed by atoms with E-state index in [2.05, 4.69) is 5.32 Å². The number of carbonyl (C=O) groups excluding carboxylic acids is 1. The number of hydrogen-bond acceptors (Lipinski definition) is 2. The number of aliphatic carboxylic acids is 1. The highest BCUT2D eigenvalue weighted by atomic mass is 16.4. The first-order valence-electron chi connectivity index (χ1n) is 8.20. The van der Waals surface area contributed by atoms with Gasteiger partial charge in [-0.3, -0.25) is 9.59 Å². The van der Waals surface area contributed by atoms with Gasteiger partial charge in [0.15, 0.2) is 0 Å². The van der Waals surface area contributed by atoms with E-state index in [0.717, 1.165) is 31.2 Å². The molecule has 2 saturated carbocycles. The van der Waals surface area contributed by atoms with Crippen LogP contribution in [0, 0.1) is 23.7 Å². The average molecular weight is 301 g/mol. The minimum Gasteiger partial charge on any atom is -0.481 e. The summed E-state index contributed by atoms with van der Waals surface area (Å²) in [6.07, 6.45) is 3.65. The van der Waals surface area contributed by atoms with Gasteiger partial charge >= 0.3 is 5.97 Å². The second kappa shape index (κ2) is 6.11. The largest absolute Gasteiger partial charge is 0.481 e. The SMILES string of the molecule is CC[C@H](NC(=O)[C@@H]1[C@H]2CC[C@@H](C2)[C@H]1C(=O)O)c1ccccc1. The Morgan fingerprint density at radius 1 is 1.18 bits per heavy atom. The lowest BCUT2D eigenvalue weighted by atomic mass is 9.78. The Morgan fingerprint density at radius 2 is 1.82 bits per heavy atom. The third-order valence-corrected chi connectivity index (χ3v) is 5.43. The molecule has 1 amide bonds. The van der Waals surface area contributed by atoms with E-state index in [-0.39, 0.29) is 29.7 Å². The first-order valence-corrected chi connectivity index (χ1v) is 8.20. The van der Waals surface area contributed by atoms with Crippen LogP contribution in [0.5, 0.6) is 0 Å². The fourth-order valence-corrected chi connectivity index (χ4v) is 4.40. The molecule has 4 nitrogen and oxygen atoms in total. The number of rotatable bonds is 5. The predicted molar refractivity (Wildman–Crippen MR) is 83.1 cm³/mol. The van der Waals surface area contributed by atoms with E-state index in [0.29, 0.717) is 0 Å². The molecule has 2 aliphatic rings. The molecule has 22 heavy (non-hydrogen) atoms. The van der Waals surface area contributed by atoms with Crippen molar-refractivity contribution in [3.05, 3.63) is 35.9 Å². The van der Waals surface area contributed by atoms with Crippen molar-refractivity contribution in [1.29, 1.82) is 0 Å². The first kappa shape index (κ1) is 15.1. The molecule has 0 aliphatic heterocycles. The Labute approximate surface area is 130 Å². The van der Waals surface area contributed by atoms with Gasteiger partial charge in [-0.25, -0.2) is 0 Å². The molecule has 3 rings (SSSR count). The van der Waals surface area contributed by atoms with Crippen molar-refractivity contribution in [2.45, 2.75) is 38.6 Å². The summed E-state index contributed by atoms with van der Waals surface area (Å²) in [6.45, 7) is 2.04. The van der Waals surface area contributed by atoms with Crippen molar-refractivity contribution in [3.63, 3.8) is 0 Å². The van der Waals surface area contributed by atoms with E-state index in [4.69, 9.17) is 0 Å². The molecule has 0 saturated heterocycles. The summed E-state index contributed by atoms with van der Waals surface area (Å²) in [5.74, 6) is -1.29. The van der Waals surface area contributed by atoms with E-state index in [1.807, 2.05) is 37.3 Å². The average Bonchev–Trinajstić information content (AvgIpc) is 3.14. The van der Waals surface area contributed by atoms with Gasteiger partial charge in [0.25, 0.3) is 0 Å². The number of amides is 1. The van der Waals surface area contributed by atoms with E-state index in [1.54, 1.807) is 0 Å². The van der Waals surface area contributed by atoms with Gasteiger partial charge in [-0.15, -0.1) is 0 Å². The monoisotopic (exact) mass is 301 g/mol. The lowest BCUT2D eigenvalue weighted by Crippen LogP contribution is -2.42. The summed E-state index contributed by atoms with van der Waals surface area (Å²) in [6, 6.07) is 9.84. The van der Waals surface area contributed by atoms with Gasteiger partial charge < -0.3 is 10.4 Å². The Kier molecular flexibility index (Phi) is 4.19. The molecule has 2 bridgehead atoms. The Hall–Kier alpha value is -1.84. The van der Waals surface area contributed by atoms with Crippen molar-refractivity contribution < 1.29 is 14.7 Å². The molecule has 0 aromatic heterocycles. The lowest BCUT2D eigenvalue weighted by molar-refractivity contribution is -0.149. The number of carbonyl (C=O) groups is 2. The topological polar surface area (TPSA) is 66.4 Å². The summed E-state index contributed by atoms with van der Waals surface area (Å²) in [5.41, 5.74) is 1.08. The second-order valence-electron chi connectivity index (χ2n) is 6.60. The molecule has 0 heterocycles. The zero-order chi connectivity index (χ0) is 15.7. The van der Waals surface area contributed by atoms with Crippen molar-refractivity contribution in [3.8, 4) is 0 Å². The standard InChI is InChI=1S/C18H23NO3/c1-2-14(11-6-4-3-5-7-11)19-17(20)15-12-8-9-13(10-12)16(15)18(21)22/h3-7,12-16H,2,8-10H2,1H3,(H,19,20)(H,21,22)/t12-,13-,14-,15+,16+/m0/s1. The van der Waals surface area contributed by atoms with Crippen LogP contribution in [0.3, 0.4) is 0 Å². The molecule has 1 aromatic carbocycles. The Balaban J connectivity index is 1.74. The molecule has 5 atom stereocenters.